The predicted octanol–water partition coefficient (Wildman–Crippen LogP) is 1.85. The third kappa shape index (κ3) is 3.20. The van der Waals surface area contributed by atoms with Gasteiger partial charge < -0.3 is 14.9 Å². The van der Waals surface area contributed by atoms with Crippen molar-refractivity contribution in [1.29, 1.82) is 0 Å². The zero-order chi connectivity index (χ0) is 13.0. The average molecular weight is 251 g/mol. The molecule has 1 aromatic rings. The van der Waals surface area contributed by atoms with Crippen LogP contribution in [0.1, 0.15) is 42.5 Å². The molecular weight excluding hydrogens is 234 g/mol. The highest BCUT2D eigenvalue weighted by atomic mass is 16.5. The summed E-state index contributed by atoms with van der Waals surface area (Å²) in [6, 6.07) is 1.44. The van der Waals surface area contributed by atoms with Gasteiger partial charge in [-0.3, -0.25) is 4.98 Å². The van der Waals surface area contributed by atoms with Gasteiger partial charge in [0.2, 0.25) is 0 Å². The van der Waals surface area contributed by atoms with Crippen LogP contribution in [0.3, 0.4) is 0 Å². The minimum absolute atomic E-state index is 0.0932. The Bertz CT molecular complexity index is 421. The lowest BCUT2D eigenvalue weighted by Gasteiger charge is -2.21. The molecule has 0 saturated heterocycles. The van der Waals surface area contributed by atoms with E-state index in [4.69, 9.17) is 9.84 Å². The second-order valence-electron chi connectivity index (χ2n) is 4.58. The molecule has 2 atom stereocenters. The molecule has 0 aromatic carbocycles. The van der Waals surface area contributed by atoms with E-state index in [2.05, 4.69) is 4.98 Å². The zero-order valence-electron chi connectivity index (χ0n) is 10.1. The summed E-state index contributed by atoms with van der Waals surface area (Å²) in [6.45, 7) is 0. The Balaban J connectivity index is 2.07. The number of aliphatic hydroxyl groups is 1. The van der Waals surface area contributed by atoms with Gasteiger partial charge in [0.25, 0.3) is 0 Å². The molecule has 5 heteroatoms. The summed E-state index contributed by atoms with van der Waals surface area (Å²) in [7, 11) is 0. The largest absolute Gasteiger partial charge is 0.486 e. The van der Waals surface area contributed by atoms with Crippen LogP contribution in [0.2, 0.25) is 0 Å². The van der Waals surface area contributed by atoms with Crippen molar-refractivity contribution in [2.24, 2.45) is 0 Å². The van der Waals surface area contributed by atoms with Crippen LogP contribution in [-0.2, 0) is 0 Å². The van der Waals surface area contributed by atoms with Gasteiger partial charge in [0.1, 0.15) is 11.9 Å². The highest BCUT2D eigenvalue weighted by Gasteiger charge is 2.23. The van der Waals surface area contributed by atoms with E-state index in [1.807, 2.05) is 0 Å². The number of carbonyl (C=O) groups is 1. The molecule has 1 fully saturated rings. The lowest BCUT2D eigenvalue weighted by atomic mass is 10.1. The van der Waals surface area contributed by atoms with Crippen LogP contribution >= 0.6 is 0 Å². The first-order valence-electron chi connectivity index (χ1n) is 6.20. The van der Waals surface area contributed by atoms with Crippen LogP contribution in [0, 0.1) is 0 Å². The minimum atomic E-state index is -1.03. The number of aromatic carboxylic acids is 1. The fraction of sp³-hybridized carbons (Fsp3) is 0.538. The summed E-state index contributed by atoms with van der Waals surface area (Å²) in [6.07, 6.45) is 6.66. The molecule has 0 aliphatic heterocycles. The van der Waals surface area contributed by atoms with Gasteiger partial charge in [-0.15, -0.1) is 0 Å². The van der Waals surface area contributed by atoms with E-state index in [9.17, 15) is 9.90 Å². The van der Waals surface area contributed by atoms with Crippen LogP contribution < -0.4 is 4.74 Å². The molecule has 2 unspecified atom stereocenters. The van der Waals surface area contributed by atoms with E-state index >= 15 is 0 Å². The summed E-state index contributed by atoms with van der Waals surface area (Å²) in [5, 5.41) is 18.8. The summed E-state index contributed by atoms with van der Waals surface area (Å²) >= 11 is 0. The van der Waals surface area contributed by atoms with Crippen molar-refractivity contribution >= 4 is 5.97 Å². The molecule has 0 radical (unpaired) electrons. The van der Waals surface area contributed by atoms with Crippen LogP contribution in [0.25, 0.3) is 0 Å². The molecule has 98 valence electrons. The predicted molar refractivity (Wildman–Crippen MR) is 64.7 cm³/mol. The van der Waals surface area contributed by atoms with Crippen molar-refractivity contribution in [3.05, 3.63) is 24.0 Å². The second-order valence-corrected chi connectivity index (χ2v) is 4.58. The average Bonchev–Trinajstić information content (AvgIpc) is 2.55. The lowest BCUT2D eigenvalue weighted by Crippen LogP contribution is -2.30. The van der Waals surface area contributed by atoms with Crippen molar-refractivity contribution in [1.82, 2.24) is 4.98 Å². The van der Waals surface area contributed by atoms with Crippen LogP contribution in [0.15, 0.2) is 18.5 Å². The summed E-state index contributed by atoms with van der Waals surface area (Å²) < 4.78 is 5.66. The Kier molecular flexibility index (Phi) is 4.15. The third-order valence-electron chi connectivity index (χ3n) is 3.17. The maximum atomic E-state index is 10.8. The standard InChI is InChI=1S/C13H17NO4/c15-11-4-2-1-3-5-12(11)18-10-6-9(13(16)17)7-14-8-10/h6-8,11-12,15H,1-5H2,(H,16,17). The molecule has 1 aromatic heterocycles. The number of aromatic nitrogens is 1. The molecule has 0 spiro atoms. The van der Waals surface area contributed by atoms with Crippen molar-refractivity contribution < 1.29 is 19.7 Å². The Morgan fingerprint density at radius 2 is 2.06 bits per heavy atom. The summed E-state index contributed by atoms with van der Waals surface area (Å²) in [5.41, 5.74) is 0.0932. The first-order valence-corrected chi connectivity index (χ1v) is 6.20. The van der Waals surface area contributed by atoms with Crippen molar-refractivity contribution in [2.75, 3.05) is 0 Å². The smallest absolute Gasteiger partial charge is 0.337 e. The van der Waals surface area contributed by atoms with Gasteiger partial charge in [-0.05, 0) is 25.3 Å². The number of hydrogen-bond acceptors (Lipinski definition) is 4. The molecule has 18 heavy (non-hydrogen) atoms. The first kappa shape index (κ1) is 12.8. The highest BCUT2D eigenvalue weighted by molar-refractivity contribution is 5.87. The van der Waals surface area contributed by atoms with E-state index in [-0.39, 0.29) is 11.7 Å². The van der Waals surface area contributed by atoms with Gasteiger partial charge in [-0.1, -0.05) is 12.8 Å². The van der Waals surface area contributed by atoms with E-state index in [1.54, 1.807) is 0 Å². The number of hydrogen-bond donors (Lipinski definition) is 2. The van der Waals surface area contributed by atoms with Gasteiger partial charge in [-0.2, -0.15) is 0 Å². The molecule has 1 aliphatic rings. The van der Waals surface area contributed by atoms with Crippen LogP contribution in [-0.4, -0.2) is 33.4 Å². The number of pyridine rings is 1. The Morgan fingerprint density at radius 1 is 1.28 bits per heavy atom. The van der Waals surface area contributed by atoms with Gasteiger partial charge in [0.15, 0.2) is 0 Å². The zero-order valence-corrected chi connectivity index (χ0v) is 10.1. The molecule has 0 amide bonds. The molecule has 2 N–H and O–H groups in total. The molecule has 0 bridgehead atoms. The van der Waals surface area contributed by atoms with E-state index in [1.165, 1.54) is 18.5 Å². The lowest BCUT2D eigenvalue weighted by molar-refractivity contribution is 0.0317. The molecule has 1 heterocycles. The molecule has 1 aliphatic carbocycles. The monoisotopic (exact) mass is 251 g/mol. The van der Waals surface area contributed by atoms with E-state index in [0.717, 1.165) is 32.1 Å². The minimum Gasteiger partial charge on any atom is -0.486 e. The number of nitrogens with zero attached hydrogens (tertiary/aromatic N) is 1. The molecule has 2 rings (SSSR count). The Labute approximate surface area is 105 Å². The van der Waals surface area contributed by atoms with Crippen LogP contribution in [0.4, 0.5) is 0 Å². The van der Waals surface area contributed by atoms with Crippen LogP contribution in [0.5, 0.6) is 5.75 Å². The third-order valence-corrected chi connectivity index (χ3v) is 3.17. The molecule has 1 saturated carbocycles. The first-order chi connectivity index (χ1) is 8.66. The maximum Gasteiger partial charge on any atom is 0.337 e. The summed E-state index contributed by atoms with van der Waals surface area (Å²) in [4.78, 5) is 14.7. The fourth-order valence-corrected chi connectivity index (χ4v) is 2.17. The van der Waals surface area contributed by atoms with Gasteiger partial charge in [-0.25, -0.2) is 4.79 Å². The van der Waals surface area contributed by atoms with Gasteiger partial charge in [0.05, 0.1) is 17.9 Å². The number of carboxylic acid groups (broad SMARTS) is 1. The van der Waals surface area contributed by atoms with Crippen molar-refractivity contribution in [3.63, 3.8) is 0 Å². The molecular formula is C13H17NO4. The number of aliphatic hydroxyl groups excluding tert-OH is 1. The van der Waals surface area contributed by atoms with Gasteiger partial charge in [0, 0.05) is 6.20 Å². The topological polar surface area (TPSA) is 79.7 Å². The SMILES string of the molecule is O=C(O)c1cncc(OC2CCCCCC2O)c1. The second kappa shape index (κ2) is 5.82. The normalized spacial score (nSPS) is 24.3. The summed E-state index contributed by atoms with van der Waals surface area (Å²) in [5.74, 6) is -0.629. The number of carboxylic acids is 1. The fourth-order valence-electron chi connectivity index (χ4n) is 2.17. The Hall–Kier alpha value is -1.62. The quantitative estimate of drug-likeness (QED) is 0.801. The van der Waals surface area contributed by atoms with Gasteiger partial charge >= 0.3 is 5.97 Å². The van der Waals surface area contributed by atoms with E-state index < -0.39 is 12.1 Å². The number of rotatable bonds is 3. The van der Waals surface area contributed by atoms with Crippen molar-refractivity contribution in [2.45, 2.75) is 44.3 Å². The number of ether oxygens (including phenoxy) is 1. The van der Waals surface area contributed by atoms with Crippen molar-refractivity contribution in [3.8, 4) is 5.75 Å². The maximum absolute atomic E-state index is 10.8. The van der Waals surface area contributed by atoms with E-state index in [0.29, 0.717) is 5.75 Å². The Morgan fingerprint density at radius 3 is 2.83 bits per heavy atom. The highest BCUT2D eigenvalue weighted by Crippen LogP contribution is 2.23. The molecule has 5 nitrogen and oxygen atoms in total.